The number of morpholine rings is 1. The number of ether oxygens (including phenoxy) is 3. The predicted molar refractivity (Wildman–Crippen MR) is 120 cm³/mol. The summed E-state index contributed by atoms with van der Waals surface area (Å²) in [4.78, 5) is 34.5. The number of aliphatic imine (C=N–C) groups is 1. The second-order valence-electron chi connectivity index (χ2n) is 7.60. The van der Waals surface area contributed by atoms with Crippen molar-refractivity contribution in [3.8, 4) is 0 Å². The number of esters is 1. The first-order valence-electron chi connectivity index (χ1n) is 10.8. The van der Waals surface area contributed by atoms with Crippen LogP contribution in [0.2, 0.25) is 0 Å². The first-order valence-corrected chi connectivity index (χ1v) is 11.7. The molecule has 2 atom stereocenters. The Kier molecular flexibility index (Phi) is 7.86. The van der Waals surface area contributed by atoms with Gasteiger partial charge in [0.25, 0.3) is 0 Å². The molecule has 0 bridgehead atoms. The lowest BCUT2D eigenvalue weighted by Gasteiger charge is -2.36. The van der Waals surface area contributed by atoms with Gasteiger partial charge in [-0.2, -0.15) is 0 Å². The fourth-order valence-electron chi connectivity index (χ4n) is 3.82. The molecule has 1 aromatic heterocycles. The Hall–Kier alpha value is -3.49. The highest BCUT2D eigenvalue weighted by molar-refractivity contribution is 7.11. The summed E-state index contributed by atoms with van der Waals surface area (Å²) in [5, 5.41) is 14.2. The number of benzene rings is 1. The molecule has 0 amide bonds. The first-order chi connectivity index (χ1) is 17.3. The van der Waals surface area contributed by atoms with Crippen molar-refractivity contribution in [1.29, 1.82) is 0 Å². The van der Waals surface area contributed by atoms with Gasteiger partial charge in [0.05, 0.1) is 25.4 Å². The molecule has 14 heteroatoms. The van der Waals surface area contributed by atoms with Crippen molar-refractivity contribution < 1.29 is 42.1 Å². The standard InChI is InChI=1S/C22H21F3N4O6S/c1-2-34-21(30)15-13(9-29-6-7-33-10-14(29)35-22(31)32)27-19(20-26-5-8-36-20)28-18(15)11-3-4-12(23)17(25)16(11)24/h3-5,8,14,18H,2,6-7,9-10H2,1H3,(H,27,28)(H,31,32)/t14-,18-/m0/s1. The molecule has 10 nitrogen and oxygen atoms in total. The quantitative estimate of drug-likeness (QED) is 0.414. The summed E-state index contributed by atoms with van der Waals surface area (Å²) >= 11 is 1.21. The largest absolute Gasteiger partial charge is 0.507 e. The number of carboxylic acid groups (broad SMARTS) is 1. The number of hydrogen-bond donors (Lipinski definition) is 2. The minimum Gasteiger partial charge on any atom is -0.463 e. The maximum atomic E-state index is 14.9. The molecule has 0 unspecified atom stereocenters. The minimum atomic E-state index is -1.70. The molecule has 2 aliphatic heterocycles. The highest BCUT2D eigenvalue weighted by Crippen LogP contribution is 2.35. The third-order valence-electron chi connectivity index (χ3n) is 5.40. The Bertz CT molecular complexity index is 1210. The van der Waals surface area contributed by atoms with Crippen LogP contribution in [0.4, 0.5) is 18.0 Å². The zero-order valence-electron chi connectivity index (χ0n) is 18.9. The lowest BCUT2D eigenvalue weighted by Crippen LogP contribution is -2.50. The van der Waals surface area contributed by atoms with Gasteiger partial charge in [-0.05, 0) is 13.0 Å². The first kappa shape index (κ1) is 25.6. The van der Waals surface area contributed by atoms with Crippen molar-refractivity contribution in [1.82, 2.24) is 15.2 Å². The SMILES string of the molecule is CCOC(=O)C1=C(CN2CCOC[C@@H]2OC(=O)O)NC(c2nccs2)=N[C@H]1c1ccc(F)c(F)c1F. The van der Waals surface area contributed by atoms with Gasteiger partial charge in [0, 0.05) is 35.9 Å². The number of nitrogens with zero attached hydrogens (tertiary/aromatic N) is 3. The molecule has 0 aliphatic carbocycles. The number of thiazole rings is 1. The molecule has 3 heterocycles. The van der Waals surface area contributed by atoms with Crippen LogP contribution in [-0.2, 0) is 19.0 Å². The highest BCUT2D eigenvalue weighted by Gasteiger charge is 2.37. The van der Waals surface area contributed by atoms with E-state index in [0.717, 1.165) is 12.1 Å². The van der Waals surface area contributed by atoms with Crippen molar-refractivity contribution in [3.63, 3.8) is 0 Å². The molecule has 0 spiro atoms. The van der Waals surface area contributed by atoms with Crippen molar-refractivity contribution >= 4 is 29.3 Å². The van der Waals surface area contributed by atoms with E-state index in [-0.39, 0.29) is 55.6 Å². The van der Waals surface area contributed by atoms with Gasteiger partial charge in [0.1, 0.15) is 6.04 Å². The Labute approximate surface area is 207 Å². The number of nitrogens with one attached hydrogen (secondary N) is 1. The molecule has 4 rings (SSSR count). The maximum Gasteiger partial charge on any atom is 0.507 e. The second-order valence-corrected chi connectivity index (χ2v) is 8.50. The Morgan fingerprint density at radius 1 is 1.31 bits per heavy atom. The predicted octanol–water partition coefficient (Wildman–Crippen LogP) is 2.82. The topological polar surface area (TPSA) is 123 Å². The van der Waals surface area contributed by atoms with E-state index in [2.05, 4.69) is 15.3 Å². The van der Waals surface area contributed by atoms with Crippen molar-refractivity contribution in [2.24, 2.45) is 4.99 Å². The van der Waals surface area contributed by atoms with E-state index in [1.807, 2.05) is 0 Å². The smallest absolute Gasteiger partial charge is 0.463 e. The molecule has 1 saturated heterocycles. The number of hydrogen-bond acceptors (Lipinski definition) is 10. The van der Waals surface area contributed by atoms with Crippen LogP contribution in [0.25, 0.3) is 0 Å². The number of carbonyl (C=O) groups is 2. The van der Waals surface area contributed by atoms with Crippen LogP contribution in [0.15, 0.2) is 40.0 Å². The Morgan fingerprint density at radius 3 is 2.81 bits per heavy atom. The molecule has 2 N–H and O–H groups in total. The van der Waals surface area contributed by atoms with E-state index in [4.69, 9.17) is 19.3 Å². The zero-order valence-corrected chi connectivity index (χ0v) is 19.7. The van der Waals surface area contributed by atoms with E-state index in [9.17, 15) is 22.8 Å². The molecule has 2 aliphatic rings. The number of aromatic nitrogens is 1. The molecule has 192 valence electrons. The van der Waals surface area contributed by atoms with E-state index < -0.39 is 41.8 Å². The van der Waals surface area contributed by atoms with Crippen LogP contribution in [0.5, 0.6) is 0 Å². The molecular weight excluding hydrogens is 505 g/mol. The molecular formula is C22H21F3N4O6S. The lowest BCUT2D eigenvalue weighted by molar-refractivity contribution is -0.139. The van der Waals surface area contributed by atoms with Crippen LogP contribution in [0.1, 0.15) is 23.5 Å². The molecule has 36 heavy (non-hydrogen) atoms. The summed E-state index contributed by atoms with van der Waals surface area (Å²) in [5.41, 5.74) is -0.350. The van der Waals surface area contributed by atoms with Gasteiger partial charge >= 0.3 is 12.1 Å². The van der Waals surface area contributed by atoms with E-state index in [1.54, 1.807) is 17.2 Å². The second kappa shape index (κ2) is 11.1. The van der Waals surface area contributed by atoms with Gasteiger partial charge in [-0.3, -0.25) is 9.89 Å². The summed E-state index contributed by atoms with van der Waals surface area (Å²) in [7, 11) is 0. The molecule has 1 fully saturated rings. The van der Waals surface area contributed by atoms with Crippen LogP contribution < -0.4 is 5.32 Å². The van der Waals surface area contributed by atoms with Crippen molar-refractivity contribution in [2.75, 3.05) is 32.9 Å². The maximum absolute atomic E-state index is 14.9. The van der Waals surface area contributed by atoms with Gasteiger partial charge in [0.2, 0.25) is 0 Å². The number of amidine groups is 1. The average Bonchev–Trinajstić information content (AvgIpc) is 3.38. The third kappa shape index (κ3) is 5.34. The van der Waals surface area contributed by atoms with Gasteiger partial charge in [-0.25, -0.2) is 27.7 Å². The Morgan fingerprint density at radius 2 is 2.11 bits per heavy atom. The van der Waals surface area contributed by atoms with Gasteiger partial charge < -0.3 is 24.6 Å². The highest BCUT2D eigenvalue weighted by atomic mass is 32.1. The van der Waals surface area contributed by atoms with Crippen LogP contribution in [0.3, 0.4) is 0 Å². The fraction of sp³-hybridized carbons (Fsp3) is 0.364. The van der Waals surface area contributed by atoms with E-state index in [1.165, 1.54) is 17.5 Å². The zero-order chi connectivity index (χ0) is 25.8. The normalized spacial score (nSPS) is 20.5. The van der Waals surface area contributed by atoms with Crippen LogP contribution in [-0.4, -0.2) is 72.1 Å². The number of halogens is 3. The minimum absolute atomic E-state index is 0.0199. The number of rotatable bonds is 7. The van der Waals surface area contributed by atoms with Gasteiger partial charge in [0.15, 0.2) is 34.5 Å². The van der Waals surface area contributed by atoms with Crippen molar-refractivity contribution in [2.45, 2.75) is 19.2 Å². The summed E-state index contributed by atoms with van der Waals surface area (Å²) in [6, 6.07) is 0.346. The van der Waals surface area contributed by atoms with E-state index in [0.29, 0.717) is 5.01 Å². The molecule has 1 aromatic carbocycles. The van der Waals surface area contributed by atoms with Gasteiger partial charge in [-0.15, -0.1) is 11.3 Å². The average molecular weight is 526 g/mol. The van der Waals surface area contributed by atoms with Crippen LogP contribution in [0, 0.1) is 17.5 Å². The molecule has 0 saturated carbocycles. The lowest BCUT2D eigenvalue weighted by atomic mass is 9.94. The fourth-order valence-corrected chi connectivity index (χ4v) is 4.41. The third-order valence-corrected chi connectivity index (χ3v) is 6.18. The summed E-state index contributed by atoms with van der Waals surface area (Å²) in [6.45, 7) is 1.92. The van der Waals surface area contributed by atoms with Crippen molar-refractivity contribution in [3.05, 3.63) is 63.0 Å². The number of carbonyl (C=O) groups excluding carboxylic acids is 1. The summed E-state index contributed by atoms with van der Waals surface area (Å²) < 4.78 is 58.2. The summed E-state index contributed by atoms with van der Waals surface area (Å²) in [5.74, 6) is -5.29. The van der Waals surface area contributed by atoms with Crippen LogP contribution >= 0.6 is 11.3 Å². The van der Waals surface area contributed by atoms with Gasteiger partial charge in [-0.1, -0.05) is 6.07 Å². The Balaban J connectivity index is 1.83. The molecule has 2 aromatic rings. The van der Waals surface area contributed by atoms with E-state index >= 15 is 0 Å². The monoisotopic (exact) mass is 526 g/mol. The molecule has 0 radical (unpaired) electrons. The summed E-state index contributed by atoms with van der Waals surface area (Å²) in [6.07, 6.45) is -0.992.